The Morgan fingerprint density at radius 3 is 2.56 bits per heavy atom. The zero-order valence-electron chi connectivity index (χ0n) is 17.9. The Bertz CT molecular complexity index is 1370. The lowest BCUT2D eigenvalue weighted by Crippen LogP contribution is -2.32. The number of hydrogen-bond acceptors (Lipinski definition) is 6. The Kier molecular flexibility index (Phi) is 6.90. The molecular formula is C25H19ClN2O5S. The zero-order chi connectivity index (χ0) is 24.2. The molecule has 0 spiro atoms. The average molecular weight is 495 g/mol. The van der Waals surface area contributed by atoms with E-state index in [0.717, 1.165) is 10.2 Å². The Labute approximate surface area is 204 Å². The first kappa shape index (κ1) is 23.4. The number of benzene rings is 3. The fourth-order valence-corrected chi connectivity index (χ4v) is 4.49. The van der Waals surface area contributed by atoms with E-state index >= 15 is 0 Å². The van der Waals surface area contributed by atoms with Gasteiger partial charge in [-0.2, -0.15) is 0 Å². The van der Waals surface area contributed by atoms with Gasteiger partial charge in [0.2, 0.25) is 0 Å². The number of anilines is 1. The molecule has 4 rings (SSSR count). The van der Waals surface area contributed by atoms with E-state index in [9.17, 15) is 19.5 Å². The SMILES string of the molecule is CCC(OC(=O)c1ccccc1-c1nc2ccccc2s1)C(=O)Nc1cc(C(=O)O)ccc1Cl. The van der Waals surface area contributed by atoms with Crippen molar-refractivity contribution in [2.24, 2.45) is 0 Å². The maximum absolute atomic E-state index is 13.1. The van der Waals surface area contributed by atoms with Gasteiger partial charge in [0.15, 0.2) is 6.10 Å². The first-order valence-corrected chi connectivity index (χ1v) is 11.6. The fraction of sp³-hybridized carbons (Fsp3) is 0.120. The molecule has 0 aliphatic heterocycles. The minimum Gasteiger partial charge on any atom is -0.478 e. The molecule has 1 amide bonds. The lowest BCUT2D eigenvalue weighted by atomic mass is 10.1. The highest BCUT2D eigenvalue weighted by atomic mass is 35.5. The molecule has 0 aliphatic carbocycles. The highest BCUT2D eigenvalue weighted by Crippen LogP contribution is 2.32. The van der Waals surface area contributed by atoms with Crippen LogP contribution in [0.4, 0.5) is 5.69 Å². The maximum atomic E-state index is 13.1. The predicted molar refractivity (Wildman–Crippen MR) is 132 cm³/mol. The lowest BCUT2D eigenvalue weighted by molar-refractivity contribution is -0.124. The topological polar surface area (TPSA) is 106 Å². The van der Waals surface area contributed by atoms with Crippen molar-refractivity contribution < 1.29 is 24.2 Å². The van der Waals surface area contributed by atoms with Crippen LogP contribution in [-0.2, 0) is 9.53 Å². The van der Waals surface area contributed by atoms with E-state index in [1.807, 2.05) is 24.3 Å². The van der Waals surface area contributed by atoms with Crippen LogP contribution in [0.25, 0.3) is 20.8 Å². The van der Waals surface area contributed by atoms with Crippen LogP contribution in [-0.4, -0.2) is 34.0 Å². The molecule has 0 aliphatic rings. The molecule has 1 heterocycles. The molecule has 172 valence electrons. The van der Waals surface area contributed by atoms with Crippen LogP contribution in [0.2, 0.25) is 5.02 Å². The average Bonchev–Trinajstić information content (AvgIpc) is 3.27. The van der Waals surface area contributed by atoms with E-state index in [0.29, 0.717) is 16.1 Å². The Morgan fingerprint density at radius 1 is 1.09 bits per heavy atom. The van der Waals surface area contributed by atoms with Crippen molar-refractivity contribution in [1.29, 1.82) is 0 Å². The first-order valence-electron chi connectivity index (χ1n) is 10.4. The fourth-order valence-electron chi connectivity index (χ4n) is 3.32. The summed E-state index contributed by atoms with van der Waals surface area (Å²) in [6, 6.07) is 18.6. The third-order valence-corrected chi connectivity index (χ3v) is 6.45. The van der Waals surface area contributed by atoms with Crippen LogP contribution in [0.3, 0.4) is 0 Å². The summed E-state index contributed by atoms with van der Waals surface area (Å²) in [7, 11) is 0. The van der Waals surface area contributed by atoms with Gasteiger partial charge >= 0.3 is 11.9 Å². The second kappa shape index (κ2) is 10.0. The molecule has 9 heteroatoms. The molecule has 0 bridgehead atoms. The second-order valence-electron chi connectivity index (χ2n) is 7.32. The van der Waals surface area contributed by atoms with Gasteiger partial charge < -0.3 is 15.2 Å². The molecule has 1 unspecified atom stereocenters. The standard InChI is InChI=1S/C25H19ClN2O5S/c1-2-20(22(29)27-19-13-14(24(30)31)11-12-17(19)26)33-25(32)16-8-4-3-7-15(16)23-28-18-9-5-6-10-21(18)34-23/h3-13,20H,2H2,1H3,(H,27,29)(H,30,31). The normalized spacial score (nSPS) is 11.7. The summed E-state index contributed by atoms with van der Waals surface area (Å²) in [5, 5.41) is 12.6. The van der Waals surface area contributed by atoms with Crippen LogP contribution in [0.1, 0.15) is 34.1 Å². The number of halogens is 1. The lowest BCUT2D eigenvalue weighted by Gasteiger charge is -2.17. The number of ether oxygens (including phenoxy) is 1. The Hall–Kier alpha value is -3.75. The van der Waals surface area contributed by atoms with Gasteiger partial charge in [-0.15, -0.1) is 11.3 Å². The minimum atomic E-state index is -1.16. The molecule has 0 fully saturated rings. The summed E-state index contributed by atoms with van der Waals surface area (Å²) in [4.78, 5) is 41.7. The molecule has 2 N–H and O–H groups in total. The summed E-state index contributed by atoms with van der Waals surface area (Å²) in [5.74, 6) is -2.43. The third-order valence-electron chi connectivity index (χ3n) is 5.05. The molecule has 1 aromatic heterocycles. The van der Waals surface area contributed by atoms with E-state index in [1.165, 1.54) is 29.5 Å². The number of carbonyl (C=O) groups excluding carboxylic acids is 2. The van der Waals surface area contributed by atoms with Crippen molar-refractivity contribution in [3.63, 3.8) is 0 Å². The molecule has 3 aromatic carbocycles. The smallest absolute Gasteiger partial charge is 0.339 e. The van der Waals surface area contributed by atoms with Gasteiger partial charge in [-0.05, 0) is 42.8 Å². The molecule has 7 nitrogen and oxygen atoms in total. The number of nitrogens with one attached hydrogen (secondary N) is 1. The van der Waals surface area contributed by atoms with E-state index < -0.39 is 23.9 Å². The summed E-state index contributed by atoms with van der Waals surface area (Å²) in [6.07, 6.45) is -0.905. The number of nitrogens with zero attached hydrogens (tertiary/aromatic N) is 1. The van der Waals surface area contributed by atoms with Crippen molar-refractivity contribution in [2.45, 2.75) is 19.4 Å². The minimum absolute atomic E-state index is 0.0329. The number of amides is 1. The highest BCUT2D eigenvalue weighted by Gasteiger charge is 2.25. The number of aromatic nitrogens is 1. The zero-order valence-corrected chi connectivity index (χ0v) is 19.5. The highest BCUT2D eigenvalue weighted by molar-refractivity contribution is 7.21. The van der Waals surface area contributed by atoms with E-state index in [2.05, 4.69) is 10.3 Å². The van der Waals surface area contributed by atoms with E-state index in [4.69, 9.17) is 16.3 Å². The first-order chi connectivity index (χ1) is 16.4. The van der Waals surface area contributed by atoms with Gasteiger partial charge in [-0.3, -0.25) is 4.79 Å². The number of carbonyl (C=O) groups is 3. The van der Waals surface area contributed by atoms with Gasteiger partial charge in [0.25, 0.3) is 5.91 Å². The number of carboxylic acids is 1. The van der Waals surface area contributed by atoms with Crippen LogP contribution < -0.4 is 5.32 Å². The number of esters is 1. The predicted octanol–water partition coefficient (Wildman–Crippen LogP) is 5.89. The van der Waals surface area contributed by atoms with Crippen molar-refractivity contribution in [2.75, 3.05) is 5.32 Å². The van der Waals surface area contributed by atoms with Gasteiger partial charge in [0, 0.05) is 5.56 Å². The molecule has 34 heavy (non-hydrogen) atoms. The van der Waals surface area contributed by atoms with Crippen LogP contribution in [0, 0.1) is 0 Å². The quantitative estimate of drug-likeness (QED) is 0.310. The number of fused-ring (bicyclic) bond motifs is 1. The van der Waals surface area contributed by atoms with Gasteiger partial charge in [0.05, 0.1) is 32.1 Å². The molecule has 0 radical (unpaired) electrons. The Balaban J connectivity index is 1.56. The maximum Gasteiger partial charge on any atom is 0.339 e. The second-order valence-corrected chi connectivity index (χ2v) is 8.76. The molecule has 4 aromatic rings. The summed E-state index contributed by atoms with van der Waals surface area (Å²) >= 11 is 7.55. The number of carboxylic acid groups (broad SMARTS) is 1. The van der Waals surface area contributed by atoms with Crippen LogP contribution in [0.15, 0.2) is 66.7 Å². The molecule has 1 atom stereocenters. The molecule has 0 saturated carbocycles. The number of para-hydroxylation sites is 1. The van der Waals surface area contributed by atoms with Crippen molar-refractivity contribution in [3.8, 4) is 10.6 Å². The number of thiazole rings is 1. The summed E-state index contributed by atoms with van der Waals surface area (Å²) < 4.78 is 6.53. The monoisotopic (exact) mass is 494 g/mol. The number of aromatic carboxylic acids is 1. The van der Waals surface area contributed by atoms with Crippen molar-refractivity contribution in [3.05, 3.63) is 82.9 Å². The van der Waals surface area contributed by atoms with E-state index in [1.54, 1.807) is 31.2 Å². The van der Waals surface area contributed by atoms with Gasteiger partial charge in [0.1, 0.15) is 5.01 Å². The van der Waals surface area contributed by atoms with Gasteiger partial charge in [-0.25, -0.2) is 14.6 Å². The van der Waals surface area contributed by atoms with Crippen LogP contribution >= 0.6 is 22.9 Å². The third kappa shape index (κ3) is 4.93. The number of rotatable bonds is 7. The largest absolute Gasteiger partial charge is 0.478 e. The molecular weight excluding hydrogens is 476 g/mol. The van der Waals surface area contributed by atoms with Crippen LogP contribution in [0.5, 0.6) is 0 Å². The summed E-state index contributed by atoms with van der Waals surface area (Å²) in [6.45, 7) is 1.70. The summed E-state index contributed by atoms with van der Waals surface area (Å²) in [5.41, 5.74) is 1.82. The number of hydrogen-bond donors (Lipinski definition) is 2. The van der Waals surface area contributed by atoms with Gasteiger partial charge in [-0.1, -0.05) is 48.9 Å². The Morgan fingerprint density at radius 2 is 1.82 bits per heavy atom. The van der Waals surface area contributed by atoms with Crippen molar-refractivity contribution in [1.82, 2.24) is 4.98 Å². The van der Waals surface area contributed by atoms with E-state index in [-0.39, 0.29) is 22.7 Å². The molecule has 0 saturated heterocycles. The van der Waals surface area contributed by atoms with Crippen molar-refractivity contribution >= 4 is 56.7 Å².